The first kappa shape index (κ1) is 23.1. The van der Waals surface area contributed by atoms with Crippen LogP contribution in [0.1, 0.15) is 67.8 Å². The number of unbranched alkanes of at least 4 members (excludes halogenated alkanes) is 4. The number of Topliss-reactive ketones (excluding diaryl/α,β-unsaturated/α-hetero) is 1. The zero-order valence-corrected chi connectivity index (χ0v) is 15.5. The van der Waals surface area contributed by atoms with E-state index >= 15 is 0 Å². The summed E-state index contributed by atoms with van der Waals surface area (Å²) in [4.78, 5) is 12.1. The summed E-state index contributed by atoms with van der Waals surface area (Å²) in [6.45, 7) is 1.71. The van der Waals surface area contributed by atoms with Gasteiger partial charge in [-0.05, 0) is 24.8 Å². The number of aliphatic hydroxyl groups is 2. The van der Waals surface area contributed by atoms with Crippen LogP contribution in [0.15, 0.2) is 24.3 Å². The van der Waals surface area contributed by atoms with Gasteiger partial charge in [-0.15, -0.1) is 12.4 Å². The van der Waals surface area contributed by atoms with Gasteiger partial charge in [0.2, 0.25) is 0 Å². The van der Waals surface area contributed by atoms with Gasteiger partial charge in [0.25, 0.3) is 0 Å². The molecule has 1 rings (SSSR count). The standard InChI is InChI=1S/C19H31NO3.ClH/c1-2-3-4-5-6-7-18(23)17-10-8-16(9-11-17)12-13-19(20,14-21)15-22;/h8-11,21-22H,2-7,12-15,20H2,1H3;1H. The van der Waals surface area contributed by atoms with Crippen LogP contribution in [0.25, 0.3) is 0 Å². The van der Waals surface area contributed by atoms with Crippen LogP contribution >= 0.6 is 12.4 Å². The van der Waals surface area contributed by atoms with Gasteiger partial charge in [-0.25, -0.2) is 0 Å². The van der Waals surface area contributed by atoms with E-state index in [-0.39, 0.29) is 31.4 Å². The Morgan fingerprint density at radius 1 is 1.04 bits per heavy atom. The molecule has 0 aliphatic rings. The molecule has 24 heavy (non-hydrogen) atoms. The fraction of sp³-hybridized carbons (Fsp3) is 0.632. The molecule has 5 heteroatoms. The van der Waals surface area contributed by atoms with E-state index in [2.05, 4.69) is 6.92 Å². The van der Waals surface area contributed by atoms with Crippen LogP contribution in [-0.4, -0.2) is 34.7 Å². The third kappa shape index (κ3) is 8.25. The normalized spacial score (nSPS) is 11.2. The highest BCUT2D eigenvalue weighted by Gasteiger charge is 2.22. The Morgan fingerprint density at radius 3 is 2.17 bits per heavy atom. The number of carbonyl (C=O) groups excluding carboxylic acids is 1. The topological polar surface area (TPSA) is 83.6 Å². The highest BCUT2D eigenvalue weighted by atomic mass is 35.5. The van der Waals surface area contributed by atoms with Crippen molar-refractivity contribution < 1.29 is 15.0 Å². The Hall–Kier alpha value is -0.940. The summed E-state index contributed by atoms with van der Waals surface area (Å²) in [5.74, 6) is 0.201. The van der Waals surface area contributed by atoms with Gasteiger partial charge in [-0.2, -0.15) is 0 Å². The molecule has 0 atom stereocenters. The third-order valence-corrected chi connectivity index (χ3v) is 4.32. The van der Waals surface area contributed by atoms with Crippen LogP contribution in [0.5, 0.6) is 0 Å². The molecule has 0 bridgehead atoms. The van der Waals surface area contributed by atoms with Gasteiger partial charge < -0.3 is 15.9 Å². The van der Waals surface area contributed by atoms with E-state index in [1.807, 2.05) is 24.3 Å². The number of nitrogens with two attached hydrogens (primary N) is 1. The van der Waals surface area contributed by atoms with Crippen molar-refractivity contribution in [2.75, 3.05) is 13.2 Å². The van der Waals surface area contributed by atoms with Gasteiger partial charge in [0.15, 0.2) is 5.78 Å². The molecule has 0 aliphatic carbocycles. The van der Waals surface area contributed by atoms with E-state index < -0.39 is 5.54 Å². The van der Waals surface area contributed by atoms with E-state index in [1.54, 1.807) is 0 Å². The minimum absolute atomic E-state index is 0. The lowest BCUT2D eigenvalue weighted by atomic mass is 9.93. The fourth-order valence-electron chi connectivity index (χ4n) is 2.49. The van der Waals surface area contributed by atoms with Crippen LogP contribution in [0.3, 0.4) is 0 Å². The summed E-state index contributed by atoms with van der Waals surface area (Å²) in [6.07, 6.45) is 7.54. The van der Waals surface area contributed by atoms with Crippen molar-refractivity contribution in [3.05, 3.63) is 35.4 Å². The molecule has 0 amide bonds. The highest BCUT2D eigenvalue weighted by molar-refractivity contribution is 5.96. The zero-order chi connectivity index (χ0) is 17.1. The molecule has 0 saturated carbocycles. The maximum atomic E-state index is 12.1. The van der Waals surface area contributed by atoms with Gasteiger partial charge in [0.05, 0.1) is 18.8 Å². The van der Waals surface area contributed by atoms with Gasteiger partial charge in [-0.3, -0.25) is 4.79 Å². The number of hydrogen-bond acceptors (Lipinski definition) is 4. The molecule has 0 aromatic heterocycles. The first-order valence-corrected chi connectivity index (χ1v) is 8.67. The number of hydrogen-bond donors (Lipinski definition) is 3. The number of halogens is 1. The summed E-state index contributed by atoms with van der Waals surface area (Å²) in [6, 6.07) is 7.58. The molecule has 138 valence electrons. The van der Waals surface area contributed by atoms with Crippen molar-refractivity contribution >= 4 is 18.2 Å². The van der Waals surface area contributed by atoms with E-state index in [4.69, 9.17) is 5.73 Å². The second kappa shape index (κ2) is 12.4. The molecule has 1 aromatic carbocycles. The Kier molecular flexibility index (Phi) is 11.9. The van der Waals surface area contributed by atoms with E-state index in [1.165, 1.54) is 19.3 Å². The SMILES string of the molecule is CCCCCCCC(=O)c1ccc(CCC(N)(CO)CO)cc1.Cl. The molecular formula is C19H32ClNO3. The number of benzene rings is 1. The van der Waals surface area contributed by atoms with Crippen LogP contribution in [0, 0.1) is 0 Å². The first-order valence-electron chi connectivity index (χ1n) is 8.67. The van der Waals surface area contributed by atoms with Gasteiger partial charge >= 0.3 is 0 Å². The van der Waals surface area contributed by atoms with Crippen LogP contribution < -0.4 is 5.73 Å². The highest BCUT2D eigenvalue weighted by Crippen LogP contribution is 2.15. The van der Waals surface area contributed by atoms with Crippen molar-refractivity contribution in [1.82, 2.24) is 0 Å². The Labute approximate surface area is 151 Å². The zero-order valence-electron chi connectivity index (χ0n) is 14.7. The smallest absolute Gasteiger partial charge is 0.162 e. The number of ketones is 1. The summed E-state index contributed by atoms with van der Waals surface area (Å²) < 4.78 is 0. The molecule has 0 heterocycles. The van der Waals surface area contributed by atoms with Crippen molar-refractivity contribution in [3.63, 3.8) is 0 Å². The van der Waals surface area contributed by atoms with E-state index in [0.717, 1.165) is 24.0 Å². The van der Waals surface area contributed by atoms with E-state index in [0.29, 0.717) is 19.3 Å². The third-order valence-electron chi connectivity index (χ3n) is 4.32. The minimum Gasteiger partial charge on any atom is -0.394 e. The lowest BCUT2D eigenvalue weighted by Crippen LogP contribution is -2.47. The number of rotatable bonds is 12. The maximum Gasteiger partial charge on any atom is 0.162 e. The second-order valence-corrected chi connectivity index (χ2v) is 6.46. The van der Waals surface area contributed by atoms with Crippen molar-refractivity contribution in [2.24, 2.45) is 5.73 Å². The number of aryl methyl sites for hydroxylation is 1. The Bertz CT molecular complexity index is 458. The first-order chi connectivity index (χ1) is 11.0. The monoisotopic (exact) mass is 357 g/mol. The quantitative estimate of drug-likeness (QED) is 0.396. The lowest BCUT2D eigenvalue weighted by Gasteiger charge is -2.24. The number of carbonyl (C=O) groups is 1. The number of aliphatic hydroxyl groups excluding tert-OH is 2. The van der Waals surface area contributed by atoms with Crippen LogP contribution in [0.2, 0.25) is 0 Å². The summed E-state index contributed by atoms with van der Waals surface area (Å²) in [5.41, 5.74) is 6.73. The minimum atomic E-state index is -0.938. The molecule has 1 aromatic rings. The molecule has 4 nitrogen and oxygen atoms in total. The maximum absolute atomic E-state index is 12.1. The van der Waals surface area contributed by atoms with Crippen molar-refractivity contribution in [2.45, 2.75) is 63.8 Å². The lowest BCUT2D eigenvalue weighted by molar-refractivity contribution is 0.0979. The van der Waals surface area contributed by atoms with Crippen LogP contribution in [0.4, 0.5) is 0 Å². The predicted octanol–water partition coefficient (Wildman–Crippen LogP) is 3.27. The van der Waals surface area contributed by atoms with Crippen LogP contribution in [-0.2, 0) is 6.42 Å². The second-order valence-electron chi connectivity index (χ2n) is 6.46. The summed E-state index contributed by atoms with van der Waals surface area (Å²) in [7, 11) is 0. The van der Waals surface area contributed by atoms with Gasteiger partial charge in [0.1, 0.15) is 0 Å². The average Bonchev–Trinajstić information content (AvgIpc) is 2.59. The predicted molar refractivity (Wildman–Crippen MR) is 101 cm³/mol. The molecule has 0 fully saturated rings. The summed E-state index contributed by atoms with van der Waals surface area (Å²) in [5, 5.41) is 18.4. The molecule has 0 aliphatic heterocycles. The molecule has 0 spiro atoms. The molecule has 4 N–H and O–H groups in total. The van der Waals surface area contributed by atoms with Crippen molar-refractivity contribution in [1.29, 1.82) is 0 Å². The largest absolute Gasteiger partial charge is 0.394 e. The van der Waals surface area contributed by atoms with Gasteiger partial charge in [0, 0.05) is 12.0 Å². The Morgan fingerprint density at radius 2 is 1.62 bits per heavy atom. The van der Waals surface area contributed by atoms with Gasteiger partial charge in [-0.1, -0.05) is 56.9 Å². The molecule has 0 saturated heterocycles. The summed E-state index contributed by atoms with van der Waals surface area (Å²) >= 11 is 0. The molecule has 0 radical (unpaired) electrons. The van der Waals surface area contributed by atoms with E-state index in [9.17, 15) is 15.0 Å². The van der Waals surface area contributed by atoms with Crippen molar-refractivity contribution in [3.8, 4) is 0 Å². The molecular weight excluding hydrogens is 326 g/mol. The Balaban J connectivity index is 0.00000529. The fourth-order valence-corrected chi connectivity index (χ4v) is 2.49. The average molecular weight is 358 g/mol. The molecule has 0 unspecified atom stereocenters.